The Morgan fingerprint density at radius 3 is 2.69 bits per heavy atom. The third-order valence-electron chi connectivity index (χ3n) is 2.52. The molecule has 1 saturated heterocycles. The summed E-state index contributed by atoms with van der Waals surface area (Å²) >= 11 is 0. The van der Waals surface area contributed by atoms with Crippen molar-refractivity contribution < 1.29 is 13.5 Å². The van der Waals surface area contributed by atoms with Crippen LogP contribution in [-0.2, 0) is 10.0 Å². The molecule has 1 rings (SSSR count). The van der Waals surface area contributed by atoms with Crippen molar-refractivity contribution in [3.05, 3.63) is 0 Å². The van der Waals surface area contributed by atoms with E-state index in [1.807, 2.05) is 19.0 Å². The van der Waals surface area contributed by atoms with Crippen molar-refractivity contribution in [1.29, 1.82) is 5.26 Å². The van der Waals surface area contributed by atoms with E-state index >= 15 is 0 Å². The fourth-order valence-electron chi connectivity index (χ4n) is 1.96. The van der Waals surface area contributed by atoms with Gasteiger partial charge in [0.2, 0.25) is 10.0 Å². The van der Waals surface area contributed by atoms with Gasteiger partial charge in [-0.1, -0.05) is 0 Å². The van der Waals surface area contributed by atoms with Crippen LogP contribution in [0.25, 0.3) is 0 Å². The highest BCUT2D eigenvalue weighted by atomic mass is 32.2. The van der Waals surface area contributed by atoms with Gasteiger partial charge in [-0.05, 0) is 20.5 Å². The summed E-state index contributed by atoms with van der Waals surface area (Å²) in [5, 5.41) is 18.0. The molecular formula is C9H17N3O3S. The smallest absolute Gasteiger partial charge is 0.227 e. The third-order valence-corrected chi connectivity index (χ3v) is 4.18. The normalized spacial score (nSPS) is 27.2. The molecule has 2 unspecified atom stereocenters. The molecule has 2 atom stereocenters. The van der Waals surface area contributed by atoms with Crippen LogP contribution in [-0.4, -0.2) is 67.8 Å². The van der Waals surface area contributed by atoms with Gasteiger partial charge in [-0.25, -0.2) is 8.42 Å². The van der Waals surface area contributed by atoms with Crippen LogP contribution in [0.5, 0.6) is 0 Å². The summed E-state index contributed by atoms with van der Waals surface area (Å²) in [6.07, 6.45) is -0.193. The van der Waals surface area contributed by atoms with Crippen molar-refractivity contribution >= 4 is 10.0 Å². The molecule has 1 fully saturated rings. The van der Waals surface area contributed by atoms with E-state index < -0.39 is 21.9 Å². The Morgan fingerprint density at radius 2 is 2.19 bits per heavy atom. The van der Waals surface area contributed by atoms with Gasteiger partial charge in [0, 0.05) is 19.1 Å². The predicted octanol–water partition coefficient (Wildman–Crippen LogP) is -1.16. The van der Waals surface area contributed by atoms with Gasteiger partial charge in [0.1, 0.15) is 0 Å². The molecule has 92 valence electrons. The minimum atomic E-state index is -3.55. The van der Waals surface area contributed by atoms with Crippen molar-refractivity contribution in [2.45, 2.75) is 18.6 Å². The Bertz CT molecular complexity index is 374. The zero-order valence-corrected chi connectivity index (χ0v) is 10.3. The fourth-order valence-corrected chi connectivity index (χ4v) is 3.29. The zero-order valence-electron chi connectivity index (χ0n) is 9.50. The molecule has 16 heavy (non-hydrogen) atoms. The molecule has 0 spiro atoms. The van der Waals surface area contributed by atoms with Gasteiger partial charge in [-0.15, -0.1) is 0 Å². The van der Waals surface area contributed by atoms with E-state index in [-0.39, 0.29) is 12.6 Å². The Morgan fingerprint density at radius 1 is 1.56 bits per heavy atom. The van der Waals surface area contributed by atoms with Crippen molar-refractivity contribution in [2.75, 3.05) is 32.9 Å². The Labute approximate surface area is 96.1 Å². The van der Waals surface area contributed by atoms with Gasteiger partial charge in [-0.3, -0.25) is 0 Å². The maximum absolute atomic E-state index is 11.7. The van der Waals surface area contributed by atoms with Crippen LogP contribution in [0.2, 0.25) is 0 Å². The van der Waals surface area contributed by atoms with E-state index in [9.17, 15) is 13.5 Å². The average molecular weight is 247 g/mol. The Kier molecular flexibility index (Phi) is 4.27. The lowest BCUT2D eigenvalue weighted by molar-refractivity contribution is 0.188. The highest BCUT2D eigenvalue weighted by Gasteiger charge is 2.38. The molecule has 1 aliphatic rings. The summed E-state index contributed by atoms with van der Waals surface area (Å²) in [5.41, 5.74) is 0. The molecular weight excluding hydrogens is 230 g/mol. The number of likely N-dealkylation sites (N-methyl/N-ethyl adjacent to an activating group) is 1. The standard InChI is InChI=1S/C9H17N3O3S/c1-11(2)6-8-5-9(13)7-12(8)16(14,15)4-3-10/h8-9,13H,4-7H2,1-2H3. The first-order valence-electron chi connectivity index (χ1n) is 5.06. The molecule has 0 aromatic heterocycles. The summed E-state index contributed by atoms with van der Waals surface area (Å²) < 4.78 is 24.7. The summed E-state index contributed by atoms with van der Waals surface area (Å²) in [6.45, 7) is 0.657. The minimum Gasteiger partial charge on any atom is -0.392 e. The molecule has 0 aromatic rings. The second-order valence-electron chi connectivity index (χ2n) is 4.29. The van der Waals surface area contributed by atoms with E-state index in [4.69, 9.17) is 5.26 Å². The number of nitrogens with zero attached hydrogens (tertiary/aromatic N) is 3. The lowest BCUT2D eigenvalue weighted by Gasteiger charge is -2.25. The zero-order chi connectivity index (χ0) is 12.3. The van der Waals surface area contributed by atoms with Crippen LogP contribution in [0.1, 0.15) is 6.42 Å². The molecule has 0 aliphatic carbocycles. The predicted molar refractivity (Wildman–Crippen MR) is 59.1 cm³/mol. The highest BCUT2D eigenvalue weighted by Crippen LogP contribution is 2.22. The molecule has 0 bridgehead atoms. The topological polar surface area (TPSA) is 84.6 Å². The quantitative estimate of drug-likeness (QED) is 0.677. The lowest BCUT2D eigenvalue weighted by atomic mass is 10.2. The van der Waals surface area contributed by atoms with Crippen LogP contribution >= 0.6 is 0 Å². The molecule has 0 amide bonds. The molecule has 6 nitrogen and oxygen atoms in total. The van der Waals surface area contributed by atoms with Crippen LogP contribution < -0.4 is 0 Å². The number of hydrogen-bond acceptors (Lipinski definition) is 5. The van der Waals surface area contributed by atoms with E-state index in [0.29, 0.717) is 13.0 Å². The molecule has 1 aliphatic heterocycles. The van der Waals surface area contributed by atoms with E-state index in [2.05, 4.69) is 0 Å². The summed E-state index contributed by atoms with van der Waals surface area (Å²) in [7, 11) is 0.142. The molecule has 7 heteroatoms. The van der Waals surface area contributed by atoms with E-state index in [1.165, 1.54) is 4.31 Å². The van der Waals surface area contributed by atoms with E-state index in [0.717, 1.165) is 0 Å². The number of aliphatic hydroxyl groups excluding tert-OH is 1. The van der Waals surface area contributed by atoms with Gasteiger partial charge < -0.3 is 10.0 Å². The largest absolute Gasteiger partial charge is 0.392 e. The SMILES string of the molecule is CN(C)CC1CC(O)CN1S(=O)(=O)CC#N. The van der Waals surface area contributed by atoms with Gasteiger partial charge in [-0.2, -0.15) is 9.57 Å². The third kappa shape index (κ3) is 3.15. The van der Waals surface area contributed by atoms with Crippen LogP contribution in [0.3, 0.4) is 0 Å². The molecule has 1 N–H and O–H groups in total. The van der Waals surface area contributed by atoms with Crippen LogP contribution in [0, 0.1) is 11.3 Å². The van der Waals surface area contributed by atoms with Crippen molar-refractivity contribution in [3.8, 4) is 6.07 Å². The second-order valence-corrected chi connectivity index (χ2v) is 6.21. The molecule has 0 radical (unpaired) electrons. The Hall–Kier alpha value is -0.680. The first kappa shape index (κ1) is 13.4. The molecule has 0 saturated carbocycles. The maximum atomic E-state index is 11.7. The van der Waals surface area contributed by atoms with Gasteiger partial charge in [0.05, 0.1) is 12.2 Å². The lowest BCUT2D eigenvalue weighted by Crippen LogP contribution is -2.42. The minimum absolute atomic E-state index is 0.0997. The number of hydrogen-bond donors (Lipinski definition) is 1. The van der Waals surface area contributed by atoms with Gasteiger partial charge in [0.25, 0.3) is 0 Å². The molecule has 0 aromatic carbocycles. The maximum Gasteiger partial charge on any atom is 0.227 e. The summed E-state index contributed by atoms with van der Waals surface area (Å²) in [6, 6.07) is 1.42. The number of β-amino-alcohol motifs (C(OH)–C–C–N with tert-alkyl or cyclic N) is 1. The summed E-state index contributed by atoms with van der Waals surface area (Å²) in [5.74, 6) is -0.524. The highest BCUT2D eigenvalue weighted by molar-refractivity contribution is 7.89. The van der Waals surface area contributed by atoms with Crippen LogP contribution in [0.15, 0.2) is 0 Å². The van der Waals surface area contributed by atoms with Gasteiger partial charge >= 0.3 is 0 Å². The van der Waals surface area contributed by atoms with Crippen molar-refractivity contribution in [1.82, 2.24) is 9.21 Å². The number of sulfonamides is 1. The summed E-state index contributed by atoms with van der Waals surface area (Å²) in [4.78, 5) is 1.87. The van der Waals surface area contributed by atoms with Gasteiger partial charge in [0.15, 0.2) is 5.75 Å². The van der Waals surface area contributed by atoms with Crippen molar-refractivity contribution in [3.63, 3.8) is 0 Å². The number of rotatable bonds is 4. The fraction of sp³-hybridized carbons (Fsp3) is 0.889. The average Bonchev–Trinajstić information content (AvgIpc) is 2.46. The number of aliphatic hydroxyl groups is 1. The Balaban J connectivity index is 2.81. The van der Waals surface area contributed by atoms with Crippen molar-refractivity contribution in [2.24, 2.45) is 0 Å². The van der Waals surface area contributed by atoms with Crippen LogP contribution in [0.4, 0.5) is 0 Å². The first-order valence-corrected chi connectivity index (χ1v) is 6.67. The molecule has 1 heterocycles. The van der Waals surface area contributed by atoms with E-state index in [1.54, 1.807) is 6.07 Å². The first-order chi connectivity index (χ1) is 7.36. The second kappa shape index (κ2) is 5.10. The monoisotopic (exact) mass is 247 g/mol. The number of nitriles is 1.